The summed E-state index contributed by atoms with van der Waals surface area (Å²) < 4.78 is 12.2. The van der Waals surface area contributed by atoms with Crippen LogP contribution in [-0.4, -0.2) is 93.1 Å². The molecule has 1 heterocycles. The molecule has 3 aromatic rings. The van der Waals surface area contributed by atoms with E-state index in [1.165, 1.54) is 13.4 Å². The van der Waals surface area contributed by atoms with Gasteiger partial charge in [0.2, 0.25) is 0 Å². The van der Waals surface area contributed by atoms with E-state index in [4.69, 9.17) is 21.1 Å². The van der Waals surface area contributed by atoms with Crippen molar-refractivity contribution in [2.24, 2.45) is 0 Å². The van der Waals surface area contributed by atoms with Gasteiger partial charge in [-0.25, -0.2) is 9.97 Å². The van der Waals surface area contributed by atoms with Crippen LogP contribution in [0.5, 0.6) is 11.5 Å². The summed E-state index contributed by atoms with van der Waals surface area (Å²) in [6, 6.07) is 7.97. The number of aliphatic hydroxyl groups is 4. The highest BCUT2D eigenvalue weighted by Crippen LogP contribution is 2.36. The molecule has 0 saturated heterocycles. The number of rotatable bonds is 13. The first kappa shape index (κ1) is 29.3. The third-order valence-corrected chi connectivity index (χ3v) is 7.39. The van der Waals surface area contributed by atoms with Crippen molar-refractivity contribution in [2.45, 2.75) is 38.2 Å². The third kappa shape index (κ3) is 6.80. The second kappa shape index (κ2) is 13.5. The Bertz CT molecular complexity index is 1190. The lowest BCUT2D eigenvalue weighted by molar-refractivity contribution is -0.102. The number of benzene rings is 2. The van der Waals surface area contributed by atoms with Crippen molar-refractivity contribution >= 4 is 49.9 Å². The fraction of sp³-hybridized carbons (Fsp3) is 0.440. The van der Waals surface area contributed by atoms with Crippen LogP contribution in [0, 0.1) is 0 Å². The zero-order chi connectivity index (χ0) is 27.1. The molecule has 0 saturated carbocycles. The van der Waals surface area contributed by atoms with E-state index in [-0.39, 0.29) is 12.4 Å². The fourth-order valence-electron chi connectivity index (χ4n) is 4.08. The topological polar surface area (TPSA) is 140 Å². The minimum absolute atomic E-state index is 0.208. The Hall–Kier alpha value is -2.25. The van der Waals surface area contributed by atoms with Crippen LogP contribution in [0.2, 0.25) is 5.02 Å². The van der Waals surface area contributed by atoms with Crippen LogP contribution in [0.1, 0.15) is 13.8 Å². The molecule has 0 spiro atoms. The molecule has 5 N–H and O–H groups in total. The van der Waals surface area contributed by atoms with Crippen molar-refractivity contribution < 1.29 is 29.9 Å². The Morgan fingerprint density at radius 2 is 1.76 bits per heavy atom. The number of likely N-dealkylation sites (N-methyl/N-ethyl adjacent to an activating group) is 1. The second-order valence-corrected chi connectivity index (χ2v) is 9.55. The number of aliphatic hydroxyl groups excluding tert-OH is 4. The maximum Gasteiger partial charge on any atom is 0.164 e. The van der Waals surface area contributed by atoms with Crippen LogP contribution >= 0.6 is 27.5 Å². The largest absolute Gasteiger partial charge is 0.493 e. The number of nitrogens with zero attached hydrogens (tertiary/aromatic N) is 3. The molecule has 3 rings (SSSR count). The quantitative estimate of drug-likeness (QED) is 0.199. The molecule has 2 aromatic carbocycles. The fourth-order valence-corrected chi connectivity index (χ4v) is 4.51. The van der Waals surface area contributed by atoms with Crippen LogP contribution in [0.15, 0.2) is 41.1 Å². The number of fused-ring (bicyclic) bond motifs is 1. The third-order valence-electron chi connectivity index (χ3n) is 6.15. The Labute approximate surface area is 229 Å². The number of methoxy groups -OCH3 is 1. The minimum Gasteiger partial charge on any atom is -0.493 e. The lowest BCUT2D eigenvalue weighted by atomic mass is 10.00. The molecule has 0 bridgehead atoms. The average Bonchev–Trinajstić information content (AvgIpc) is 2.91. The number of aromatic nitrogens is 2. The standard InChI is InChI=1S/C25H32BrClN4O6/c1-4-31(5-2)19(11-32)23(34)24(35)22(12-33)37-21-10-18-15(9-20(21)36-3)25(29-13-28-18)30-14-6-7-16(26)17(27)8-14/h6-10,13,19,22-24,32-35H,4-5,11-12H2,1-3H3,(H,28,29,30)/t19-,22-,23+,24+/m0/s1. The van der Waals surface area contributed by atoms with E-state index in [9.17, 15) is 20.4 Å². The molecule has 0 amide bonds. The summed E-state index contributed by atoms with van der Waals surface area (Å²) in [4.78, 5) is 10.5. The predicted molar refractivity (Wildman–Crippen MR) is 146 cm³/mol. The molecule has 0 radical (unpaired) electrons. The molecular weight excluding hydrogens is 568 g/mol. The lowest BCUT2D eigenvalue weighted by Gasteiger charge is -2.36. The monoisotopic (exact) mass is 598 g/mol. The molecule has 10 nitrogen and oxygen atoms in total. The van der Waals surface area contributed by atoms with Crippen LogP contribution in [-0.2, 0) is 0 Å². The van der Waals surface area contributed by atoms with E-state index >= 15 is 0 Å². The molecule has 0 unspecified atom stereocenters. The maximum atomic E-state index is 10.8. The highest BCUT2D eigenvalue weighted by molar-refractivity contribution is 9.10. The maximum absolute atomic E-state index is 10.8. The first-order valence-electron chi connectivity index (χ1n) is 11.8. The number of ether oxygens (including phenoxy) is 2. The smallest absolute Gasteiger partial charge is 0.164 e. The zero-order valence-corrected chi connectivity index (χ0v) is 23.1. The molecule has 12 heteroatoms. The van der Waals surface area contributed by atoms with Gasteiger partial charge in [-0.3, -0.25) is 4.90 Å². The minimum atomic E-state index is -1.49. The molecule has 0 fully saturated rings. The van der Waals surface area contributed by atoms with E-state index in [0.717, 1.165) is 10.2 Å². The summed E-state index contributed by atoms with van der Waals surface area (Å²) in [5.41, 5.74) is 1.23. The number of hydrogen-bond donors (Lipinski definition) is 5. The zero-order valence-electron chi connectivity index (χ0n) is 20.8. The van der Waals surface area contributed by atoms with Gasteiger partial charge < -0.3 is 35.2 Å². The van der Waals surface area contributed by atoms with Gasteiger partial charge >= 0.3 is 0 Å². The van der Waals surface area contributed by atoms with Crippen LogP contribution in [0.3, 0.4) is 0 Å². The molecule has 0 aliphatic carbocycles. The summed E-state index contributed by atoms with van der Waals surface area (Å²) in [5.74, 6) is 1.02. The van der Waals surface area contributed by atoms with Gasteiger partial charge in [-0.1, -0.05) is 25.4 Å². The molecule has 37 heavy (non-hydrogen) atoms. The number of anilines is 2. The Kier molecular flexibility index (Phi) is 10.7. The first-order chi connectivity index (χ1) is 17.8. The highest BCUT2D eigenvalue weighted by atomic mass is 79.9. The van der Waals surface area contributed by atoms with Gasteiger partial charge in [0.1, 0.15) is 24.4 Å². The SMILES string of the molecule is CCN(CC)[C@@H](CO)[C@@H](O)[C@H](O)[C@H](CO)Oc1cc2ncnc(Nc3ccc(Br)c(Cl)c3)c2cc1OC. The summed E-state index contributed by atoms with van der Waals surface area (Å²) in [7, 11) is 1.46. The Morgan fingerprint density at radius 1 is 1.03 bits per heavy atom. The molecule has 4 atom stereocenters. The Morgan fingerprint density at radius 3 is 2.35 bits per heavy atom. The van der Waals surface area contributed by atoms with E-state index in [2.05, 4.69) is 31.2 Å². The summed E-state index contributed by atoms with van der Waals surface area (Å²) >= 11 is 9.58. The van der Waals surface area contributed by atoms with Gasteiger partial charge in [-0.15, -0.1) is 0 Å². The highest BCUT2D eigenvalue weighted by Gasteiger charge is 2.35. The van der Waals surface area contributed by atoms with Gasteiger partial charge in [0.15, 0.2) is 17.6 Å². The van der Waals surface area contributed by atoms with Crippen molar-refractivity contribution in [3.63, 3.8) is 0 Å². The number of halogens is 2. The molecule has 202 valence electrons. The van der Waals surface area contributed by atoms with Crippen LogP contribution < -0.4 is 14.8 Å². The lowest BCUT2D eigenvalue weighted by Crippen LogP contribution is -2.55. The summed E-state index contributed by atoms with van der Waals surface area (Å²) in [5, 5.41) is 45.8. The van der Waals surface area contributed by atoms with Crippen LogP contribution in [0.4, 0.5) is 11.5 Å². The van der Waals surface area contributed by atoms with E-state index in [1.807, 2.05) is 30.9 Å². The van der Waals surface area contributed by atoms with Crippen molar-refractivity contribution in [3.8, 4) is 11.5 Å². The molecule has 1 aromatic heterocycles. The van der Waals surface area contributed by atoms with Crippen molar-refractivity contribution in [1.29, 1.82) is 0 Å². The summed E-state index contributed by atoms with van der Waals surface area (Å²) in [6.45, 7) is 3.96. The van der Waals surface area contributed by atoms with Gasteiger partial charge in [-0.2, -0.15) is 0 Å². The van der Waals surface area contributed by atoms with Gasteiger partial charge in [0.05, 0.1) is 36.9 Å². The van der Waals surface area contributed by atoms with E-state index in [0.29, 0.717) is 40.6 Å². The summed E-state index contributed by atoms with van der Waals surface area (Å²) in [6.07, 6.45) is -2.67. The van der Waals surface area contributed by atoms with E-state index in [1.54, 1.807) is 18.2 Å². The van der Waals surface area contributed by atoms with Gasteiger partial charge in [-0.05, 0) is 53.3 Å². The van der Waals surface area contributed by atoms with Crippen molar-refractivity contribution in [2.75, 3.05) is 38.7 Å². The number of nitrogens with one attached hydrogen (secondary N) is 1. The van der Waals surface area contributed by atoms with Crippen molar-refractivity contribution in [3.05, 3.63) is 46.2 Å². The molecule has 0 aliphatic heterocycles. The van der Waals surface area contributed by atoms with E-state index < -0.39 is 31.0 Å². The Balaban J connectivity index is 1.90. The number of hydrogen-bond acceptors (Lipinski definition) is 10. The van der Waals surface area contributed by atoms with Gasteiger partial charge in [0.25, 0.3) is 0 Å². The van der Waals surface area contributed by atoms with Crippen LogP contribution in [0.25, 0.3) is 10.9 Å². The molecule has 0 aliphatic rings. The second-order valence-electron chi connectivity index (χ2n) is 8.29. The molecular formula is C25H32BrClN4O6. The predicted octanol–water partition coefficient (Wildman–Crippen LogP) is 2.96. The normalized spacial score (nSPS) is 14.9. The van der Waals surface area contributed by atoms with Crippen molar-refractivity contribution in [1.82, 2.24) is 14.9 Å². The average molecular weight is 600 g/mol. The van der Waals surface area contributed by atoms with Gasteiger partial charge in [0, 0.05) is 21.6 Å². The first-order valence-corrected chi connectivity index (χ1v) is 13.0.